The van der Waals surface area contributed by atoms with E-state index in [-0.39, 0.29) is 0 Å². The fourth-order valence-electron chi connectivity index (χ4n) is 3.43. The molecule has 0 saturated carbocycles. The van der Waals surface area contributed by atoms with Gasteiger partial charge in [0.25, 0.3) is 0 Å². The monoisotopic (exact) mass is 353 g/mol. The minimum absolute atomic E-state index is 0.433. The summed E-state index contributed by atoms with van der Waals surface area (Å²) < 4.78 is 0.966. The minimum Gasteiger partial charge on any atom is -0.389 e. The lowest BCUT2D eigenvalue weighted by molar-refractivity contribution is 0.193. The molecule has 0 aromatic heterocycles. The number of benzene rings is 1. The summed E-state index contributed by atoms with van der Waals surface area (Å²) in [6.07, 6.45) is 5.28. The first-order valence-corrected chi connectivity index (χ1v) is 8.45. The number of hydrogen-bond acceptors (Lipinski definition) is 3. The van der Waals surface area contributed by atoms with Crippen LogP contribution in [0.1, 0.15) is 31.2 Å². The molecule has 3 N–H and O–H groups in total. The van der Waals surface area contributed by atoms with E-state index in [0.717, 1.165) is 15.7 Å². The fraction of sp³-hybridized carbons (Fsp3) is 0.533. The van der Waals surface area contributed by atoms with E-state index in [9.17, 15) is 0 Å². The van der Waals surface area contributed by atoms with Crippen LogP contribution in [0.25, 0.3) is 0 Å². The maximum atomic E-state index is 5.69. The molecule has 3 nitrogen and oxygen atoms in total. The Labute approximate surface area is 134 Å². The number of fused-ring (bicyclic) bond motifs is 1. The van der Waals surface area contributed by atoms with Crippen molar-refractivity contribution in [2.75, 3.05) is 18.4 Å². The Bertz CT molecular complexity index is 520. The molecular formula is C15H20BrN3S. The number of nitrogens with zero attached hydrogens (tertiary/aromatic N) is 1. The molecule has 0 spiro atoms. The molecule has 2 aliphatic rings. The number of hydrogen-bond donors (Lipinski definition) is 2. The van der Waals surface area contributed by atoms with E-state index in [4.69, 9.17) is 18.0 Å². The molecule has 3 rings (SSSR count). The van der Waals surface area contributed by atoms with E-state index in [2.05, 4.69) is 38.3 Å². The van der Waals surface area contributed by atoms with Crippen LogP contribution in [0.3, 0.4) is 0 Å². The van der Waals surface area contributed by atoms with Gasteiger partial charge in [0.1, 0.15) is 4.99 Å². The van der Waals surface area contributed by atoms with Crippen LogP contribution in [0.5, 0.6) is 0 Å². The Morgan fingerprint density at radius 1 is 1.30 bits per heavy atom. The third-order valence-electron chi connectivity index (χ3n) is 4.44. The van der Waals surface area contributed by atoms with E-state index in [1.807, 2.05) is 6.07 Å². The number of nitrogens with two attached hydrogens (primary N) is 1. The van der Waals surface area contributed by atoms with Crippen molar-refractivity contribution in [2.45, 2.75) is 37.8 Å². The van der Waals surface area contributed by atoms with Crippen molar-refractivity contribution in [1.82, 2.24) is 4.90 Å². The number of thiocarbonyl (C=S) groups is 1. The average molecular weight is 354 g/mol. The highest BCUT2D eigenvalue weighted by molar-refractivity contribution is 9.10. The molecule has 2 heterocycles. The minimum atomic E-state index is 0.433. The Kier molecular flexibility index (Phi) is 4.29. The van der Waals surface area contributed by atoms with Gasteiger partial charge in [0.05, 0.1) is 0 Å². The van der Waals surface area contributed by atoms with Crippen molar-refractivity contribution in [3.8, 4) is 0 Å². The number of rotatable bonds is 3. The molecule has 1 aromatic carbocycles. The van der Waals surface area contributed by atoms with Gasteiger partial charge in [0, 0.05) is 34.4 Å². The first kappa shape index (κ1) is 14.3. The van der Waals surface area contributed by atoms with Crippen LogP contribution < -0.4 is 11.1 Å². The maximum Gasteiger partial charge on any atom is 0.105 e. The number of anilines is 1. The van der Waals surface area contributed by atoms with Gasteiger partial charge < -0.3 is 11.1 Å². The number of halogens is 1. The second kappa shape index (κ2) is 6.00. The SMILES string of the molecule is NC(=S)c1ccc(NC2CCN3CCCCC23)cc1Br. The Balaban J connectivity index is 1.72. The van der Waals surface area contributed by atoms with Crippen LogP contribution in [0.15, 0.2) is 22.7 Å². The molecule has 2 fully saturated rings. The van der Waals surface area contributed by atoms with Gasteiger partial charge in [-0.3, -0.25) is 4.90 Å². The van der Waals surface area contributed by atoms with Crippen LogP contribution >= 0.6 is 28.1 Å². The van der Waals surface area contributed by atoms with Crippen molar-refractivity contribution in [3.63, 3.8) is 0 Å². The second-order valence-corrected chi connectivity index (χ2v) is 6.99. The van der Waals surface area contributed by atoms with Crippen molar-refractivity contribution in [2.24, 2.45) is 5.73 Å². The molecule has 20 heavy (non-hydrogen) atoms. The largest absolute Gasteiger partial charge is 0.389 e. The van der Waals surface area contributed by atoms with Crippen LogP contribution in [0, 0.1) is 0 Å². The number of piperidine rings is 1. The van der Waals surface area contributed by atoms with Crippen LogP contribution in [0.4, 0.5) is 5.69 Å². The zero-order valence-electron chi connectivity index (χ0n) is 11.4. The van der Waals surface area contributed by atoms with E-state index < -0.39 is 0 Å². The highest BCUT2D eigenvalue weighted by Crippen LogP contribution is 2.30. The van der Waals surface area contributed by atoms with Gasteiger partial charge >= 0.3 is 0 Å². The Hall–Kier alpha value is -0.650. The molecule has 0 aliphatic carbocycles. The lowest BCUT2D eigenvalue weighted by Crippen LogP contribution is -2.41. The van der Waals surface area contributed by atoms with Gasteiger partial charge in [-0.2, -0.15) is 0 Å². The fourth-order valence-corrected chi connectivity index (χ4v) is 4.34. The molecule has 0 radical (unpaired) electrons. The standard InChI is InChI=1S/C15H20BrN3S/c16-12-9-10(4-5-11(12)15(17)20)18-13-6-8-19-7-2-1-3-14(13)19/h4-5,9,13-14,18H,1-3,6-8H2,(H2,17,20). The summed E-state index contributed by atoms with van der Waals surface area (Å²) in [6, 6.07) is 7.42. The quantitative estimate of drug-likeness (QED) is 0.819. The summed E-state index contributed by atoms with van der Waals surface area (Å²) in [6.45, 7) is 2.50. The second-order valence-electron chi connectivity index (χ2n) is 5.70. The summed E-state index contributed by atoms with van der Waals surface area (Å²) in [7, 11) is 0. The van der Waals surface area contributed by atoms with Crippen molar-refractivity contribution >= 4 is 38.8 Å². The third-order valence-corrected chi connectivity index (χ3v) is 5.32. The first-order valence-electron chi connectivity index (χ1n) is 7.25. The van der Waals surface area contributed by atoms with Crippen molar-refractivity contribution in [3.05, 3.63) is 28.2 Å². The van der Waals surface area contributed by atoms with Crippen molar-refractivity contribution < 1.29 is 0 Å². The van der Waals surface area contributed by atoms with Crippen LogP contribution in [-0.4, -0.2) is 35.1 Å². The topological polar surface area (TPSA) is 41.3 Å². The molecule has 2 aliphatic heterocycles. The molecule has 0 bridgehead atoms. The van der Waals surface area contributed by atoms with Gasteiger partial charge in [0.15, 0.2) is 0 Å². The molecule has 2 atom stereocenters. The van der Waals surface area contributed by atoms with Gasteiger partial charge in [-0.05, 0) is 59.9 Å². The highest BCUT2D eigenvalue weighted by atomic mass is 79.9. The average Bonchev–Trinajstić information content (AvgIpc) is 2.82. The Morgan fingerprint density at radius 3 is 2.90 bits per heavy atom. The molecular weight excluding hydrogens is 334 g/mol. The molecule has 1 aromatic rings. The van der Waals surface area contributed by atoms with Gasteiger partial charge in [-0.25, -0.2) is 0 Å². The highest BCUT2D eigenvalue weighted by Gasteiger charge is 2.35. The van der Waals surface area contributed by atoms with Gasteiger partial charge in [0.2, 0.25) is 0 Å². The maximum absolute atomic E-state index is 5.69. The predicted octanol–water partition coefficient (Wildman–Crippen LogP) is 3.12. The molecule has 108 valence electrons. The van der Waals surface area contributed by atoms with Crippen LogP contribution in [0.2, 0.25) is 0 Å². The Morgan fingerprint density at radius 2 is 2.15 bits per heavy atom. The predicted molar refractivity (Wildman–Crippen MR) is 91.3 cm³/mol. The lowest BCUT2D eigenvalue weighted by Gasteiger charge is -2.33. The molecule has 2 saturated heterocycles. The summed E-state index contributed by atoms with van der Waals surface area (Å²) in [4.78, 5) is 3.07. The van der Waals surface area contributed by atoms with E-state index in [1.54, 1.807) is 0 Å². The third kappa shape index (κ3) is 2.85. The molecule has 2 unspecified atom stereocenters. The summed E-state index contributed by atoms with van der Waals surface area (Å²) in [5.41, 5.74) is 7.74. The van der Waals surface area contributed by atoms with Crippen LogP contribution in [-0.2, 0) is 0 Å². The van der Waals surface area contributed by atoms with Gasteiger partial charge in [-0.15, -0.1) is 0 Å². The zero-order valence-corrected chi connectivity index (χ0v) is 13.8. The zero-order chi connectivity index (χ0) is 14.1. The number of nitrogens with one attached hydrogen (secondary N) is 1. The first-order chi connectivity index (χ1) is 9.65. The molecule has 5 heteroatoms. The molecule has 0 amide bonds. The van der Waals surface area contributed by atoms with E-state index in [0.29, 0.717) is 17.1 Å². The lowest BCUT2D eigenvalue weighted by atomic mass is 9.99. The van der Waals surface area contributed by atoms with E-state index in [1.165, 1.54) is 38.8 Å². The van der Waals surface area contributed by atoms with Crippen molar-refractivity contribution in [1.29, 1.82) is 0 Å². The smallest absolute Gasteiger partial charge is 0.105 e. The van der Waals surface area contributed by atoms with Gasteiger partial charge in [-0.1, -0.05) is 18.6 Å². The summed E-state index contributed by atoms with van der Waals surface area (Å²) in [5.74, 6) is 0. The summed E-state index contributed by atoms with van der Waals surface area (Å²) in [5, 5.41) is 3.69. The normalized spacial score (nSPS) is 26.2. The summed E-state index contributed by atoms with van der Waals surface area (Å²) >= 11 is 8.58. The van der Waals surface area contributed by atoms with E-state index >= 15 is 0 Å².